The number of hydrazine groups is 1. The van der Waals surface area contributed by atoms with Crippen molar-refractivity contribution in [2.45, 2.75) is 124 Å². The number of cyclic esters (lactones) is 1. The van der Waals surface area contributed by atoms with Crippen LogP contribution in [0.1, 0.15) is 96.9 Å². The molecule has 4 fully saturated rings. The largest absolute Gasteiger partial charge is 0.508 e. The first-order chi connectivity index (χ1) is 32.4. The molecule has 2 aromatic heterocycles. The van der Waals surface area contributed by atoms with Crippen molar-refractivity contribution in [3.63, 3.8) is 0 Å². The fourth-order valence-corrected chi connectivity index (χ4v) is 11.5. The lowest BCUT2D eigenvalue weighted by atomic mass is 9.57. The summed E-state index contributed by atoms with van der Waals surface area (Å²) >= 11 is 0. The average molecular weight is 929 g/mol. The number of carbonyl (C=O) groups is 5. The van der Waals surface area contributed by atoms with Gasteiger partial charge in [-0.1, -0.05) is 53.7 Å². The van der Waals surface area contributed by atoms with Gasteiger partial charge in [0.25, 0.3) is 5.91 Å². The Morgan fingerprint density at radius 3 is 2.47 bits per heavy atom. The van der Waals surface area contributed by atoms with Crippen molar-refractivity contribution >= 4 is 40.5 Å². The number of carbonyl (C=O) groups excluding carboxylic acids is 5. The Kier molecular flexibility index (Phi) is 12.7. The molecule has 68 heavy (non-hydrogen) atoms. The molecule has 5 aliphatic rings. The van der Waals surface area contributed by atoms with Gasteiger partial charge in [-0.2, -0.15) is 0 Å². The number of ether oxygens (including phenoxy) is 1. The van der Waals surface area contributed by atoms with Crippen molar-refractivity contribution in [2.24, 2.45) is 22.7 Å². The minimum atomic E-state index is -1.13. The summed E-state index contributed by atoms with van der Waals surface area (Å²) in [4.78, 5) is 78.2. The van der Waals surface area contributed by atoms with Crippen molar-refractivity contribution in [1.82, 2.24) is 40.4 Å². The molecule has 362 valence electrons. The van der Waals surface area contributed by atoms with Gasteiger partial charge in [-0.3, -0.25) is 34.0 Å². The number of rotatable bonds is 9. The number of benzene rings is 2. The highest BCUT2D eigenvalue weighted by Crippen LogP contribution is 2.53. The highest BCUT2D eigenvalue weighted by Gasteiger charge is 2.57. The van der Waals surface area contributed by atoms with Crippen LogP contribution in [0, 0.1) is 22.7 Å². The second-order valence-corrected chi connectivity index (χ2v) is 21.7. The van der Waals surface area contributed by atoms with Crippen LogP contribution in [-0.4, -0.2) is 123 Å². The van der Waals surface area contributed by atoms with Crippen molar-refractivity contribution in [3.05, 3.63) is 71.5 Å². The summed E-state index contributed by atoms with van der Waals surface area (Å²) in [6.45, 7) is 17.6. The number of hydrogen-bond acceptors (Lipinski definition) is 10. The lowest BCUT2D eigenvalue weighted by Crippen LogP contribution is -2.67. The molecule has 1 saturated carbocycles. The Morgan fingerprint density at radius 2 is 1.78 bits per heavy atom. The molecule has 15 nitrogen and oxygen atoms in total. The molecule has 15 heteroatoms. The predicted octanol–water partition coefficient (Wildman–Crippen LogP) is 5.56. The Balaban J connectivity index is 1.05. The molecule has 2 aromatic carbocycles. The van der Waals surface area contributed by atoms with Gasteiger partial charge in [0, 0.05) is 85.6 Å². The van der Waals surface area contributed by atoms with Crippen molar-refractivity contribution in [1.29, 1.82) is 0 Å². The number of fused-ring (bicyclic) bond motifs is 6. The van der Waals surface area contributed by atoms with E-state index in [1.54, 1.807) is 19.2 Å². The first-order valence-corrected chi connectivity index (χ1v) is 24.6. The van der Waals surface area contributed by atoms with E-state index in [4.69, 9.17) is 9.72 Å². The normalized spacial score (nSPS) is 22.9. The molecule has 0 radical (unpaired) electrons. The zero-order chi connectivity index (χ0) is 48.4. The minimum absolute atomic E-state index is 0.0142. The molecule has 3 saturated heterocycles. The molecule has 4 amide bonds. The first kappa shape index (κ1) is 47.3. The Labute approximate surface area is 399 Å². The van der Waals surface area contributed by atoms with E-state index >= 15 is 0 Å². The lowest BCUT2D eigenvalue weighted by molar-refractivity contribution is -0.166. The fraction of sp³-hybridized carbons (Fsp3) is 0.547. The van der Waals surface area contributed by atoms with Crippen LogP contribution in [0.2, 0.25) is 0 Å². The second kappa shape index (κ2) is 18.3. The number of aromatic nitrogens is 2. The summed E-state index contributed by atoms with van der Waals surface area (Å²) in [6.07, 6.45) is 4.77. The SMILES string of the molecule is CCn1c(-c2cccnc2C(C)C)c2c3cc(ccc31)-c1cc(O)cc(c1)C[C@H](NC(=O)[C@H](C(C)C)N(C)C(=O)C1CC3(C1)CN(C(=O)[C@@H]1CN1)C3)C(=O)N1CCC[C@H](N1)C(=O)OCC(C)(C)C2. The number of likely N-dealkylation sites (N-methyl/N-ethyl adjacent to an activating group) is 1. The minimum Gasteiger partial charge on any atom is -0.508 e. The van der Waals surface area contributed by atoms with Gasteiger partial charge in [0.15, 0.2) is 0 Å². The maximum atomic E-state index is 14.8. The summed E-state index contributed by atoms with van der Waals surface area (Å²) in [6, 6.07) is 12.9. The van der Waals surface area contributed by atoms with Crippen LogP contribution in [-0.2, 0) is 48.1 Å². The molecule has 4 atom stereocenters. The molecular weight excluding hydrogens is 861 g/mol. The average Bonchev–Trinajstić information content (AvgIpc) is 4.09. The highest BCUT2D eigenvalue weighted by molar-refractivity contribution is 5.96. The number of aryl methyl sites for hydroxylation is 1. The second-order valence-electron chi connectivity index (χ2n) is 21.7. The standard InChI is InChI=1S/C53H68N8O7/c1-9-60-43-15-14-33-22-38(43)39(46(60)37-12-10-16-54-44(37)30(2)3)25-52(6,7)29-68-51(67)40-13-11-17-61(57-40)50(66)41(20-32-18-34(33)21-36(62)19-32)56-47(63)45(31(4)5)58(8)48(64)35-23-53(24-35)27-59(28-53)49(65)42-26-55-42/h10,12,14-16,18-19,21-22,30-31,35,40-42,45,55,57,62H,9,11,13,17,20,23-29H2,1-8H3,(H,56,63)/t40-,41-,42-,45-/m0/s1. The number of phenolic OH excluding ortho intramolecular Hbond substituents is 1. The van der Waals surface area contributed by atoms with Crippen LogP contribution in [0.15, 0.2) is 54.7 Å². The highest BCUT2D eigenvalue weighted by atomic mass is 16.5. The molecule has 1 spiro atoms. The summed E-state index contributed by atoms with van der Waals surface area (Å²) in [7, 11) is 1.66. The van der Waals surface area contributed by atoms with Crippen molar-refractivity contribution in [2.75, 3.05) is 39.8 Å². The number of phenols is 1. The molecular formula is C53H68N8O7. The number of hydrogen-bond donors (Lipinski definition) is 4. The summed E-state index contributed by atoms with van der Waals surface area (Å²) in [5.41, 5.74) is 10.1. The summed E-state index contributed by atoms with van der Waals surface area (Å²) < 4.78 is 8.47. The quantitative estimate of drug-likeness (QED) is 0.122. The maximum absolute atomic E-state index is 14.8. The first-order valence-electron chi connectivity index (χ1n) is 24.6. The fourth-order valence-electron chi connectivity index (χ4n) is 11.5. The zero-order valence-corrected chi connectivity index (χ0v) is 40.9. The number of pyridine rings is 1. The Morgan fingerprint density at radius 1 is 1.03 bits per heavy atom. The van der Waals surface area contributed by atoms with E-state index in [0.717, 1.165) is 51.1 Å². The van der Waals surface area contributed by atoms with Gasteiger partial charge < -0.3 is 34.8 Å². The zero-order valence-electron chi connectivity index (χ0n) is 40.9. The van der Waals surface area contributed by atoms with Gasteiger partial charge >= 0.3 is 5.97 Å². The van der Waals surface area contributed by atoms with E-state index < -0.39 is 41.3 Å². The summed E-state index contributed by atoms with van der Waals surface area (Å²) in [5, 5.41) is 19.9. The topological polar surface area (TPSA) is 188 Å². The van der Waals surface area contributed by atoms with Crippen LogP contribution >= 0.6 is 0 Å². The van der Waals surface area contributed by atoms with E-state index in [2.05, 4.69) is 79.5 Å². The van der Waals surface area contributed by atoms with E-state index in [-0.39, 0.29) is 59.8 Å². The van der Waals surface area contributed by atoms with Crippen LogP contribution < -0.4 is 16.1 Å². The molecule has 0 unspecified atom stereocenters. The molecule has 6 heterocycles. The third-order valence-electron chi connectivity index (χ3n) is 14.9. The predicted molar refractivity (Wildman–Crippen MR) is 259 cm³/mol. The third-order valence-corrected chi connectivity index (χ3v) is 14.9. The number of nitrogens with one attached hydrogen (secondary N) is 3. The monoisotopic (exact) mass is 929 g/mol. The van der Waals surface area contributed by atoms with Gasteiger partial charge in [0.2, 0.25) is 17.7 Å². The Hall–Kier alpha value is -5.80. The van der Waals surface area contributed by atoms with Crippen LogP contribution in [0.4, 0.5) is 0 Å². The molecule has 6 bridgehead atoms. The van der Waals surface area contributed by atoms with Crippen molar-refractivity contribution in [3.8, 4) is 28.1 Å². The number of aromatic hydroxyl groups is 1. The number of likely N-dealkylation sites (tertiary alicyclic amines) is 1. The maximum Gasteiger partial charge on any atom is 0.324 e. The Bertz CT molecular complexity index is 2640. The van der Waals surface area contributed by atoms with Gasteiger partial charge in [-0.25, -0.2) is 5.43 Å². The molecule has 1 aliphatic carbocycles. The van der Waals surface area contributed by atoms with E-state index in [1.807, 2.05) is 37.1 Å². The molecule has 4 aromatic rings. The van der Waals surface area contributed by atoms with Crippen LogP contribution in [0.5, 0.6) is 5.75 Å². The summed E-state index contributed by atoms with van der Waals surface area (Å²) in [5.74, 6) is -1.74. The van der Waals surface area contributed by atoms with Crippen molar-refractivity contribution < 1.29 is 33.8 Å². The number of nitrogens with zero attached hydrogens (tertiary/aromatic N) is 5. The molecule has 4 N–H and O–H groups in total. The van der Waals surface area contributed by atoms with E-state index in [9.17, 15) is 29.1 Å². The number of esters is 1. The van der Waals surface area contributed by atoms with Gasteiger partial charge in [0.1, 0.15) is 23.9 Å². The van der Waals surface area contributed by atoms with Crippen LogP contribution in [0.25, 0.3) is 33.3 Å². The van der Waals surface area contributed by atoms with E-state index in [1.165, 1.54) is 9.91 Å². The van der Waals surface area contributed by atoms with E-state index in [0.29, 0.717) is 63.8 Å². The van der Waals surface area contributed by atoms with Gasteiger partial charge in [0.05, 0.1) is 24.0 Å². The smallest absolute Gasteiger partial charge is 0.324 e. The van der Waals surface area contributed by atoms with Gasteiger partial charge in [-0.15, -0.1) is 0 Å². The lowest BCUT2D eigenvalue weighted by Gasteiger charge is -2.59. The number of amides is 4. The molecule has 4 aliphatic heterocycles. The van der Waals surface area contributed by atoms with Crippen LogP contribution in [0.3, 0.4) is 0 Å². The third kappa shape index (κ3) is 9.11. The van der Waals surface area contributed by atoms with Gasteiger partial charge in [-0.05, 0) is 110 Å². The molecule has 9 rings (SSSR count).